The van der Waals surface area contributed by atoms with Crippen LogP contribution >= 0.6 is 0 Å². The molecule has 96 valence electrons. The Morgan fingerprint density at radius 1 is 1.29 bits per heavy atom. The van der Waals surface area contributed by atoms with Gasteiger partial charge in [0.25, 0.3) is 0 Å². The monoisotopic (exact) mass is 237 g/mol. The first kappa shape index (κ1) is 14.0. The summed E-state index contributed by atoms with van der Waals surface area (Å²) >= 11 is 0. The van der Waals surface area contributed by atoms with Gasteiger partial charge in [0.2, 0.25) is 0 Å². The lowest BCUT2D eigenvalue weighted by Gasteiger charge is -2.42. The van der Waals surface area contributed by atoms with E-state index in [9.17, 15) is 5.11 Å². The number of methoxy groups -OCH3 is 1. The van der Waals surface area contributed by atoms with Crippen molar-refractivity contribution < 1.29 is 9.84 Å². The Balaban J connectivity index is 3.29. The Bertz CT molecular complexity index is 370. The molecule has 0 radical (unpaired) electrons. The minimum absolute atomic E-state index is 0.373. The van der Waals surface area contributed by atoms with Crippen LogP contribution in [0.4, 0.5) is 0 Å². The number of aliphatic hydroxyl groups is 1. The summed E-state index contributed by atoms with van der Waals surface area (Å²) in [5.41, 5.74) is 5.24. The molecule has 3 nitrogen and oxygen atoms in total. The fraction of sp³-hybridized carbons (Fsp3) is 0.571. The van der Waals surface area contributed by atoms with Crippen LogP contribution in [0.15, 0.2) is 24.3 Å². The van der Waals surface area contributed by atoms with Crippen molar-refractivity contribution in [3.8, 4) is 5.75 Å². The Morgan fingerprint density at radius 3 is 2.35 bits per heavy atom. The highest BCUT2D eigenvalue weighted by Crippen LogP contribution is 2.44. The zero-order valence-electron chi connectivity index (χ0n) is 11.2. The maximum atomic E-state index is 10.9. The molecule has 0 heterocycles. The van der Waals surface area contributed by atoms with Crippen LogP contribution in [0, 0.1) is 5.41 Å². The van der Waals surface area contributed by atoms with Gasteiger partial charge in [0.05, 0.1) is 12.7 Å². The summed E-state index contributed by atoms with van der Waals surface area (Å²) in [6.45, 7) is 6.27. The second kappa shape index (κ2) is 5.07. The smallest absolute Gasteiger partial charge is 0.124 e. The fourth-order valence-corrected chi connectivity index (χ4v) is 2.06. The van der Waals surface area contributed by atoms with E-state index in [1.807, 2.05) is 38.1 Å². The molecule has 3 heteroatoms. The molecule has 2 unspecified atom stereocenters. The van der Waals surface area contributed by atoms with Gasteiger partial charge in [-0.2, -0.15) is 0 Å². The predicted octanol–water partition coefficient (Wildman–Crippen LogP) is 2.28. The summed E-state index contributed by atoms with van der Waals surface area (Å²) in [4.78, 5) is 0. The van der Waals surface area contributed by atoms with Crippen molar-refractivity contribution in [1.82, 2.24) is 0 Å². The minimum Gasteiger partial charge on any atom is -0.496 e. The first-order valence-corrected chi connectivity index (χ1v) is 5.99. The number of nitrogens with two attached hydrogens (primary N) is 1. The Labute approximate surface area is 104 Å². The Morgan fingerprint density at radius 2 is 1.88 bits per heavy atom. The number of para-hydroxylation sites is 1. The molecule has 0 aliphatic heterocycles. The molecule has 1 aromatic rings. The van der Waals surface area contributed by atoms with Gasteiger partial charge in [-0.1, -0.05) is 32.0 Å². The van der Waals surface area contributed by atoms with Gasteiger partial charge in [0.1, 0.15) is 5.75 Å². The second-order valence-electron chi connectivity index (χ2n) is 4.89. The molecule has 3 N–H and O–H groups in total. The van der Waals surface area contributed by atoms with Crippen molar-refractivity contribution in [2.24, 2.45) is 11.1 Å². The molecule has 17 heavy (non-hydrogen) atoms. The van der Waals surface area contributed by atoms with E-state index in [4.69, 9.17) is 10.5 Å². The molecule has 0 saturated carbocycles. The predicted molar refractivity (Wildman–Crippen MR) is 70.0 cm³/mol. The Hall–Kier alpha value is -1.06. The van der Waals surface area contributed by atoms with E-state index in [0.717, 1.165) is 12.0 Å². The van der Waals surface area contributed by atoms with Gasteiger partial charge in [0.15, 0.2) is 0 Å². The summed E-state index contributed by atoms with van der Waals surface area (Å²) in [5, 5.41) is 10.9. The standard InChI is InChI=1S/C14H23NO2/c1-5-13(2,10-15)14(3,16)11-8-6-7-9-12(11)17-4/h6-9,16H,5,10,15H2,1-4H3. The zero-order chi connectivity index (χ0) is 13.1. The molecule has 1 aromatic carbocycles. The second-order valence-corrected chi connectivity index (χ2v) is 4.89. The van der Waals surface area contributed by atoms with Crippen molar-refractivity contribution in [3.05, 3.63) is 29.8 Å². The van der Waals surface area contributed by atoms with Crippen molar-refractivity contribution in [2.45, 2.75) is 32.8 Å². The summed E-state index contributed by atoms with van der Waals surface area (Å²) < 4.78 is 5.32. The molecule has 0 aliphatic rings. The van der Waals surface area contributed by atoms with Crippen LogP contribution in [0.3, 0.4) is 0 Å². The molecular formula is C14H23NO2. The largest absolute Gasteiger partial charge is 0.496 e. The average molecular weight is 237 g/mol. The van der Waals surface area contributed by atoms with Crippen LogP contribution in [-0.4, -0.2) is 18.8 Å². The highest BCUT2D eigenvalue weighted by molar-refractivity contribution is 5.39. The molecule has 1 rings (SSSR count). The van der Waals surface area contributed by atoms with Gasteiger partial charge < -0.3 is 15.6 Å². The van der Waals surface area contributed by atoms with Crippen LogP contribution in [0.2, 0.25) is 0 Å². The summed E-state index contributed by atoms with van der Waals surface area (Å²) in [5.74, 6) is 0.700. The van der Waals surface area contributed by atoms with E-state index < -0.39 is 5.60 Å². The van der Waals surface area contributed by atoms with Gasteiger partial charge in [-0.3, -0.25) is 0 Å². The summed E-state index contributed by atoms with van der Waals surface area (Å²) in [7, 11) is 1.61. The average Bonchev–Trinajstić information content (AvgIpc) is 2.37. The minimum atomic E-state index is -1.01. The van der Waals surface area contributed by atoms with Gasteiger partial charge in [-0.05, 0) is 19.4 Å². The molecule has 0 aliphatic carbocycles. The first-order chi connectivity index (χ1) is 7.93. The summed E-state index contributed by atoms with van der Waals surface area (Å²) in [6, 6.07) is 7.54. The van der Waals surface area contributed by atoms with Gasteiger partial charge in [-0.25, -0.2) is 0 Å². The molecule has 0 bridgehead atoms. The zero-order valence-corrected chi connectivity index (χ0v) is 11.2. The number of ether oxygens (including phenoxy) is 1. The first-order valence-electron chi connectivity index (χ1n) is 5.99. The summed E-state index contributed by atoms with van der Waals surface area (Å²) in [6.07, 6.45) is 0.800. The van der Waals surface area contributed by atoms with Crippen molar-refractivity contribution in [1.29, 1.82) is 0 Å². The lowest BCUT2D eigenvalue weighted by atomic mass is 9.68. The van der Waals surface area contributed by atoms with Gasteiger partial charge in [0, 0.05) is 17.5 Å². The third kappa shape index (κ3) is 2.31. The van der Waals surface area contributed by atoms with E-state index in [2.05, 4.69) is 0 Å². The number of hydrogen-bond donors (Lipinski definition) is 2. The number of rotatable bonds is 5. The molecule has 2 atom stereocenters. The maximum Gasteiger partial charge on any atom is 0.124 e. The molecule has 0 amide bonds. The molecule has 0 fully saturated rings. The van der Waals surface area contributed by atoms with Crippen molar-refractivity contribution in [2.75, 3.05) is 13.7 Å². The normalized spacial score (nSPS) is 18.2. The maximum absolute atomic E-state index is 10.9. The Kier molecular flexibility index (Phi) is 4.17. The molecular weight excluding hydrogens is 214 g/mol. The topological polar surface area (TPSA) is 55.5 Å². The highest BCUT2D eigenvalue weighted by Gasteiger charge is 2.43. The third-order valence-electron chi connectivity index (χ3n) is 4.04. The third-order valence-corrected chi connectivity index (χ3v) is 4.04. The van der Waals surface area contributed by atoms with Crippen LogP contribution in [0.5, 0.6) is 5.75 Å². The van der Waals surface area contributed by atoms with E-state index in [1.165, 1.54) is 0 Å². The van der Waals surface area contributed by atoms with Crippen LogP contribution in [0.1, 0.15) is 32.8 Å². The van der Waals surface area contributed by atoms with Crippen LogP contribution in [0.25, 0.3) is 0 Å². The van der Waals surface area contributed by atoms with Crippen LogP contribution in [-0.2, 0) is 5.60 Å². The highest BCUT2D eigenvalue weighted by atomic mass is 16.5. The molecule has 0 saturated heterocycles. The quantitative estimate of drug-likeness (QED) is 0.826. The number of hydrogen-bond acceptors (Lipinski definition) is 3. The molecule has 0 aromatic heterocycles. The number of benzene rings is 1. The van der Waals surface area contributed by atoms with Gasteiger partial charge in [-0.15, -0.1) is 0 Å². The van der Waals surface area contributed by atoms with E-state index in [1.54, 1.807) is 14.0 Å². The molecule has 0 spiro atoms. The lowest BCUT2D eigenvalue weighted by Crippen LogP contribution is -2.46. The SMILES string of the molecule is CCC(C)(CN)C(C)(O)c1ccccc1OC. The lowest BCUT2D eigenvalue weighted by molar-refractivity contribution is -0.0660. The van der Waals surface area contributed by atoms with E-state index in [-0.39, 0.29) is 5.41 Å². The van der Waals surface area contributed by atoms with Crippen molar-refractivity contribution >= 4 is 0 Å². The van der Waals surface area contributed by atoms with E-state index >= 15 is 0 Å². The fourth-order valence-electron chi connectivity index (χ4n) is 2.06. The van der Waals surface area contributed by atoms with Crippen molar-refractivity contribution in [3.63, 3.8) is 0 Å². The van der Waals surface area contributed by atoms with E-state index in [0.29, 0.717) is 12.3 Å². The van der Waals surface area contributed by atoms with Crippen LogP contribution < -0.4 is 10.5 Å². The van der Waals surface area contributed by atoms with Gasteiger partial charge >= 0.3 is 0 Å².